The summed E-state index contributed by atoms with van der Waals surface area (Å²) in [5.41, 5.74) is 2.89. The van der Waals surface area contributed by atoms with Gasteiger partial charge >= 0.3 is 0 Å². The number of nitrogens with zero attached hydrogens (tertiary/aromatic N) is 3. The number of nitro benzene ring substituents is 1. The van der Waals surface area contributed by atoms with Crippen molar-refractivity contribution in [3.05, 3.63) is 82.0 Å². The van der Waals surface area contributed by atoms with Crippen molar-refractivity contribution in [3.63, 3.8) is 0 Å². The second-order valence-electron chi connectivity index (χ2n) is 8.11. The van der Waals surface area contributed by atoms with Crippen LogP contribution in [0, 0.1) is 21.4 Å². The van der Waals surface area contributed by atoms with E-state index >= 15 is 0 Å². The van der Waals surface area contributed by atoms with Crippen LogP contribution in [0.25, 0.3) is 11.1 Å². The predicted molar refractivity (Wildman–Crippen MR) is 126 cm³/mol. The van der Waals surface area contributed by atoms with Gasteiger partial charge in [0.1, 0.15) is 11.1 Å². The maximum absolute atomic E-state index is 12.5. The van der Waals surface area contributed by atoms with E-state index in [0.717, 1.165) is 16.8 Å². The highest BCUT2D eigenvalue weighted by atomic mass is 32.2. The number of nitro groups is 1. The van der Waals surface area contributed by atoms with Gasteiger partial charge in [0.2, 0.25) is 5.91 Å². The number of aromatic nitrogens is 1. The van der Waals surface area contributed by atoms with E-state index in [9.17, 15) is 20.2 Å². The third-order valence-corrected chi connectivity index (χ3v) is 5.61. The number of amides is 1. The number of carbonyl (C=O) groups is 1. The van der Waals surface area contributed by atoms with E-state index in [2.05, 4.69) is 16.4 Å². The first-order valence-corrected chi connectivity index (χ1v) is 10.9. The van der Waals surface area contributed by atoms with Gasteiger partial charge in [-0.2, -0.15) is 5.26 Å². The summed E-state index contributed by atoms with van der Waals surface area (Å²) in [7, 11) is 0. The number of benzene rings is 2. The first kappa shape index (κ1) is 23.0. The van der Waals surface area contributed by atoms with E-state index in [0.29, 0.717) is 16.3 Å². The van der Waals surface area contributed by atoms with E-state index in [1.54, 1.807) is 6.07 Å². The Labute approximate surface area is 190 Å². The summed E-state index contributed by atoms with van der Waals surface area (Å²) in [5.74, 6) is -0.338. The molecule has 0 saturated heterocycles. The molecule has 1 heterocycles. The highest BCUT2D eigenvalue weighted by Gasteiger charge is 2.22. The third-order valence-electron chi connectivity index (χ3n) is 4.63. The normalized spacial score (nSPS) is 10.9. The van der Waals surface area contributed by atoms with Crippen molar-refractivity contribution in [1.29, 1.82) is 5.26 Å². The lowest BCUT2D eigenvalue weighted by molar-refractivity contribution is -0.384. The molecule has 1 aromatic heterocycles. The summed E-state index contributed by atoms with van der Waals surface area (Å²) in [5, 5.41) is 23.9. The molecule has 3 rings (SSSR count). The minimum Gasteiger partial charge on any atom is -0.325 e. The topological polar surface area (TPSA) is 109 Å². The van der Waals surface area contributed by atoms with Crippen molar-refractivity contribution >= 4 is 29.0 Å². The fraction of sp³-hybridized carbons (Fsp3) is 0.208. The number of non-ortho nitro benzene ring substituents is 1. The maximum Gasteiger partial charge on any atom is 0.271 e. The van der Waals surface area contributed by atoms with Crippen LogP contribution >= 0.6 is 11.8 Å². The minimum absolute atomic E-state index is 0.00615. The molecule has 0 spiro atoms. The maximum atomic E-state index is 12.5. The van der Waals surface area contributed by atoms with Gasteiger partial charge in [-0.25, -0.2) is 4.98 Å². The van der Waals surface area contributed by atoms with Gasteiger partial charge in [-0.1, -0.05) is 68.9 Å². The summed E-state index contributed by atoms with van der Waals surface area (Å²) < 4.78 is 0. The molecule has 1 N–H and O–H groups in total. The van der Waals surface area contributed by atoms with Crippen molar-refractivity contribution in [2.45, 2.75) is 31.2 Å². The summed E-state index contributed by atoms with van der Waals surface area (Å²) in [6.45, 7) is 6.12. The fourth-order valence-corrected chi connectivity index (χ4v) is 3.79. The van der Waals surface area contributed by atoms with Crippen molar-refractivity contribution in [2.75, 3.05) is 11.1 Å². The zero-order chi connectivity index (χ0) is 23.3. The molecule has 1 amide bonds. The van der Waals surface area contributed by atoms with E-state index in [-0.39, 0.29) is 22.8 Å². The summed E-state index contributed by atoms with van der Waals surface area (Å²) in [4.78, 5) is 27.6. The number of hydrogen-bond acceptors (Lipinski definition) is 6. The summed E-state index contributed by atoms with van der Waals surface area (Å²) >= 11 is 1.17. The number of carbonyl (C=O) groups excluding carboxylic acids is 1. The van der Waals surface area contributed by atoms with Crippen molar-refractivity contribution in [3.8, 4) is 17.2 Å². The molecular weight excluding hydrogens is 424 g/mol. The van der Waals surface area contributed by atoms with E-state index in [4.69, 9.17) is 0 Å². The molecule has 0 saturated carbocycles. The van der Waals surface area contributed by atoms with Crippen LogP contribution < -0.4 is 5.32 Å². The zero-order valence-electron chi connectivity index (χ0n) is 18.0. The summed E-state index contributed by atoms with van der Waals surface area (Å²) in [6, 6.07) is 19.5. The molecule has 0 fully saturated rings. The van der Waals surface area contributed by atoms with Gasteiger partial charge in [0, 0.05) is 34.5 Å². The average Bonchev–Trinajstić information content (AvgIpc) is 2.77. The van der Waals surface area contributed by atoms with E-state index in [1.807, 2.05) is 57.2 Å². The Balaban J connectivity index is 1.88. The molecule has 0 bridgehead atoms. The average molecular weight is 447 g/mol. The second-order valence-corrected chi connectivity index (χ2v) is 9.07. The van der Waals surface area contributed by atoms with Gasteiger partial charge in [-0.15, -0.1) is 0 Å². The quantitative estimate of drug-likeness (QED) is 0.302. The number of nitrogens with one attached hydrogen (secondary N) is 1. The Bertz CT molecular complexity index is 1200. The van der Waals surface area contributed by atoms with Gasteiger partial charge in [0.15, 0.2) is 0 Å². The van der Waals surface area contributed by atoms with Gasteiger partial charge in [0.05, 0.1) is 16.2 Å². The van der Waals surface area contributed by atoms with Gasteiger partial charge in [-0.05, 0) is 17.7 Å². The van der Waals surface area contributed by atoms with Gasteiger partial charge < -0.3 is 5.32 Å². The van der Waals surface area contributed by atoms with Crippen LogP contribution in [-0.2, 0) is 10.2 Å². The van der Waals surface area contributed by atoms with Gasteiger partial charge in [-0.3, -0.25) is 14.9 Å². The summed E-state index contributed by atoms with van der Waals surface area (Å²) in [6.07, 6.45) is 0. The van der Waals surface area contributed by atoms with Crippen LogP contribution in [0.3, 0.4) is 0 Å². The second kappa shape index (κ2) is 9.62. The molecule has 3 aromatic rings. The molecule has 0 aliphatic heterocycles. The molecule has 0 unspecified atom stereocenters. The SMILES string of the molecule is CC(C)(C)c1cc(-c2ccccc2)c(C#N)c(SCC(=O)Nc2cccc([N+](=O)[O-])c2)n1. The smallest absolute Gasteiger partial charge is 0.271 e. The molecule has 8 heteroatoms. The molecule has 2 aromatic carbocycles. The molecule has 32 heavy (non-hydrogen) atoms. The first-order chi connectivity index (χ1) is 15.2. The van der Waals surface area contributed by atoms with Gasteiger partial charge in [0.25, 0.3) is 5.69 Å². The lowest BCUT2D eigenvalue weighted by atomic mass is 9.89. The van der Waals surface area contributed by atoms with Crippen LogP contribution in [0.5, 0.6) is 0 Å². The molecule has 7 nitrogen and oxygen atoms in total. The number of pyridine rings is 1. The van der Waals surface area contributed by atoms with Crippen LogP contribution in [0.1, 0.15) is 32.0 Å². The molecule has 162 valence electrons. The first-order valence-electron chi connectivity index (χ1n) is 9.87. The number of rotatable bonds is 6. The predicted octanol–water partition coefficient (Wildman–Crippen LogP) is 5.56. The number of hydrogen-bond donors (Lipinski definition) is 1. The Morgan fingerprint density at radius 2 is 1.88 bits per heavy atom. The minimum atomic E-state index is -0.517. The van der Waals surface area contributed by atoms with Crippen LogP contribution in [0.2, 0.25) is 0 Å². The number of thioether (sulfide) groups is 1. The molecule has 0 atom stereocenters. The van der Waals surface area contributed by atoms with Crippen molar-refractivity contribution in [2.24, 2.45) is 0 Å². The third kappa shape index (κ3) is 5.50. The molecule has 0 radical (unpaired) electrons. The van der Waals surface area contributed by atoms with E-state index in [1.165, 1.54) is 30.0 Å². The fourth-order valence-electron chi connectivity index (χ4n) is 2.99. The Morgan fingerprint density at radius 1 is 1.16 bits per heavy atom. The molecular formula is C24H22N4O3S. The zero-order valence-corrected chi connectivity index (χ0v) is 18.8. The lowest BCUT2D eigenvalue weighted by Crippen LogP contribution is -2.17. The van der Waals surface area contributed by atoms with Crippen LogP contribution in [0.15, 0.2) is 65.7 Å². The standard InChI is InChI=1S/C24H22N4O3S/c1-24(2,3)21-13-19(16-8-5-4-6-9-16)20(14-25)23(27-21)32-15-22(29)26-17-10-7-11-18(12-17)28(30)31/h4-13H,15H2,1-3H3,(H,26,29). The van der Waals surface area contributed by atoms with E-state index < -0.39 is 4.92 Å². The number of nitriles is 1. The highest BCUT2D eigenvalue weighted by molar-refractivity contribution is 8.00. The van der Waals surface area contributed by atoms with Crippen molar-refractivity contribution < 1.29 is 9.72 Å². The Hall–Kier alpha value is -3.70. The van der Waals surface area contributed by atoms with Crippen LogP contribution in [-0.4, -0.2) is 21.6 Å². The molecule has 0 aliphatic rings. The highest BCUT2D eigenvalue weighted by Crippen LogP contribution is 2.34. The number of anilines is 1. The molecule has 0 aliphatic carbocycles. The Kier molecular flexibility index (Phi) is 6.91. The largest absolute Gasteiger partial charge is 0.325 e. The Morgan fingerprint density at radius 3 is 2.50 bits per heavy atom. The lowest BCUT2D eigenvalue weighted by Gasteiger charge is -2.21. The monoisotopic (exact) mass is 446 g/mol. The van der Waals surface area contributed by atoms with Crippen LogP contribution in [0.4, 0.5) is 11.4 Å². The van der Waals surface area contributed by atoms with Crippen molar-refractivity contribution in [1.82, 2.24) is 4.98 Å².